The van der Waals surface area contributed by atoms with Crippen LogP contribution in [0.2, 0.25) is 0 Å². The molecule has 0 saturated carbocycles. The lowest BCUT2D eigenvalue weighted by Crippen LogP contribution is -2.66. The molecule has 7 rings (SSSR count). The molecule has 9 heteroatoms. The molecular weight excluding hydrogens is 446 g/mol. The maximum atomic E-state index is 13.5. The summed E-state index contributed by atoms with van der Waals surface area (Å²) < 4.78 is 9.55. The van der Waals surface area contributed by atoms with Crippen LogP contribution in [-0.4, -0.2) is 56.1 Å². The van der Waals surface area contributed by atoms with Gasteiger partial charge in [0.15, 0.2) is 11.4 Å². The fourth-order valence-electron chi connectivity index (χ4n) is 5.58. The number of hydrogen-bond donors (Lipinski definition) is 1. The molecule has 2 aromatic heterocycles. The molecule has 2 aromatic carbocycles. The van der Waals surface area contributed by atoms with Crippen molar-refractivity contribution in [3.05, 3.63) is 100 Å². The Morgan fingerprint density at radius 2 is 1.80 bits per heavy atom. The van der Waals surface area contributed by atoms with E-state index in [0.29, 0.717) is 19.8 Å². The number of aromatic hydroxyl groups is 1. The molecule has 3 aliphatic rings. The summed E-state index contributed by atoms with van der Waals surface area (Å²) >= 11 is 0. The Kier molecular flexibility index (Phi) is 4.19. The van der Waals surface area contributed by atoms with Crippen LogP contribution < -0.4 is 10.4 Å². The fraction of sp³-hybridized carbons (Fsp3) is 0.192. The molecule has 1 amide bonds. The molecule has 35 heavy (non-hydrogen) atoms. The quantitative estimate of drug-likeness (QED) is 0.462. The van der Waals surface area contributed by atoms with Crippen LogP contribution in [-0.2, 0) is 4.74 Å². The Balaban J connectivity index is 1.57. The number of carbonyl (C=O) groups is 1. The second-order valence-electron chi connectivity index (χ2n) is 8.85. The van der Waals surface area contributed by atoms with Crippen LogP contribution in [0.3, 0.4) is 0 Å². The number of para-hydroxylation sites is 1. The van der Waals surface area contributed by atoms with Crippen molar-refractivity contribution < 1.29 is 14.6 Å². The maximum absolute atomic E-state index is 13.5. The average molecular weight is 467 g/mol. The van der Waals surface area contributed by atoms with Gasteiger partial charge < -0.3 is 14.7 Å². The van der Waals surface area contributed by atoms with Crippen LogP contribution in [0.25, 0.3) is 16.9 Å². The summed E-state index contributed by atoms with van der Waals surface area (Å²) in [6.45, 7) is 1.05. The predicted molar refractivity (Wildman–Crippen MR) is 127 cm³/mol. The van der Waals surface area contributed by atoms with E-state index in [4.69, 9.17) is 4.74 Å². The lowest BCUT2D eigenvalue weighted by molar-refractivity contribution is -0.0196. The van der Waals surface area contributed by atoms with Crippen LogP contribution in [0.15, 0.2) is 78.1 Å². The predicted octanol–water partition coefficient (Wildman–Crippen LogP) is 2.26. The van der Waals surface area contributed by atoms with Gasteiger partial charge in [0.2, 0.25) is 5.43 Å². The van der Waals surface area contributed by atoms with Crippen molar-refractivity contribution in [3.8, 4) is 22.7 Å². The second-order valence-corrected chi connectivity index (χ2v) is 8.85. The van der Waals surface area contributed by atoms with Gasteiger partial charge in [0.25, 0.3) is 5.91 Å². The zero-order valence-corrected chi connectivity index (χ0v) is 18.6. The van der Waals surface area contributed by atoms with Gasteiger partial charge in [0.05, 0.1) is 37.1 Å². The molecule has 1 N–H and O–H groups in total. The van der Waals surface area contributed by atoms with Gasteiger partial charge in [0.1, 0.15) is 12.2 Å². The summed E-state index contributed by atoms with van der Waals surface area (Å²) in [5.41, 5.74) is 4.34. The van der Waals surface area contributed by atoms with E-state index in [1.165, 1.54) is 6.07 Å². The molecule has 0 unspecified atom stereocenters. The van der Waals surface area contributed by atoms with Crippen LogP contribution in [0.4, 0.5) is 0 Å². The van der Waals surface area contributed by atoms with E-state index in [-0.39, 0.29) is 17.6 Å². The van der Waals surface area contributed by atoms with Gasteiger partial charge in [-0.1, -0.05) is 42.5 Å². The van der Waals surface area contributed by atoms with Gasteiger partial charge in [-0.2, -0.15) is 0 Å². The van der Waals surface area contributed by atoms with Crippen molar-refractivity contribution in [2.24, 2.45) is 0 Å². The smallest absolute Gasteiger partial charge is 0.278 e. The first kappa shape index (κ1) is 20.0. The third kappa shape index (κ3) is 2.69. The minimum Gasteiger partial charge on any atom is -0.502 e. The highest BCUT2D eigenvalue weighted by molar-refractivity contribution is 5.96. The molecule has 1 saturated heterocycles. The fourth-order valence-corrected chi connectivity index (χ4v) is 5.58. The molecule has 174 valence electrons. The number of aromatic nitrogens is 3. The van der Waals surface area contributed by atoms with E-state index < -0.39 is 17.3 Å². The van der Waals surface area contributed by atoms with Crippen LogP contribution in [0.1, 0.15) is 27.7 Å². The number of rotatable bonds is 1. The van der Waals surface area contributed by atoms with Gasteiger partial charge in [0, 0.05) is 29.9 Å². The van der Waals surface area contributed by atoms with Crippen LogP contribution in [0, 0.1) is 0 Å². The lowest BCUT2D eigenvalue weighted by Gasteiger charge is -2.51. The zero-order chi connectivity index (χ0) is 23.7. The first-order chi connectivity index (χ1) is 17.1. The van der Waals surface area contributed by atoms with Gasteiger partial charge >= 0.3 is 0 Å². The van der Waals surface area contributed by atoms with E-state index in [2.05, 4.69) is 27.8 Å². The Morgan fingerprint density at radius 1 is 1.00 bits per heavy atom. The van der Waals surface area contributed by atoms with E-state index in [9.17, 15) is 14.7 Å². The molecule has 0 bridgehead atoms. The Bertz CT molecular complexity index is 1500. The molecule has 0 radical (unpaired) electrons. The molecule has 5 heterocycles. The van der Waals surface area contributed by atoms with E-state index in [1.807, 2.05) is 41.5 Å². The number of nitrogens with zero attached hydrogens (tertiary/aromatic N) is 5. The summed E-state index contributed by atoms with van der Waals surface area (Å²) in [5, 5.41) is 12.8. The zero-order valence-electron chi connectivity index (χ0n) is 18.6. The number of amides is 1. The van der Waals surface area contributed by atoms with Crippen LogP contribution >= 0.6 is 0 Å². The minimum atomic E-state index is -0.583. The van der Waals surface area contributed by atoms with E-state index >= 15 is 0 Å². The van der Waals surface area contributed by atoms with Gasteiger partial charge in [-0.15, -0.1) is 0 Å². The Labute approximate surface area is 200 Å². The number of carbonyl (C=O) groups excluding carboxylic acids is 1. The van der Waals surface area contributed by atoms with Gasteiger partial charge in [-0.3, -0.25) is 23.8 Å². The Morgan fingerprint density at radius 3 is 2.69 bits per heavy atom. The number of pyridine rings is 1. The SMILES string of the molecule is O=C1c2c(O)c(=O)ccn2N([C@H]2c3ccccc3-c3cncn3-c3ccccc32)[C@@H]2COCCN12. The largest absolute Gasteiger partial charge is 0.502 e. The summed E-state index contributed by atoms with van der Waals surface area (Å²) in [4.78, 5) is 31.9. The summed E-state index contributed by atoms with van der Waals surface area (Å²) in [6.07, 6.45) is 4.79. The third-order valence-electron chi connectivity index (χ3n) is 7.10. The summed E-state index contributed by atoms with van der Waals surface area (Å²) in [5.74, 6) is -0.923. The van der Waals surface area contributed by atoms with Crippen molar-refractivity contribution in [1.82, 2.24) is 19.1 Å². The van der Waals surface area contributed by atoms with E-state index in [0.717, 1.165) is 28.1 Å². The molecule has 1 fully saturated rings. The first-order valence-corrected chi connectivity index (χ1v) is 11.5. The molecule has 2 atom stereocenters. The third-order valence-corrected chi connectivity index (χ3v) is 7.10. The average Bonchev–Trinajstić information content (AvgIpc) is 3.34. The highest BCUT2D eigenvalue weighted by Crippen LogP contribution is 2.44. The molecule has 0 aliphatic carbocycles. The molecule has 4 aromatic rings. The standard InChI is InChI=1S/C26H21N5O4/c32-21-9-10-30-24(25(21)33)26(34)28-11-12-35-14-22(28)31(30)23-17-6-2-1-5-16(17)20-13-27-15-29(20)19-8-4-3-7-18(19)23/h1-10,13,15,22-23,33H,11-12,14H2/t22-,23+/m1/s1. The van der Waals surface area contributed by atoms with E-state index in [1.54, 1.807) is 22.1 Å². The lowest BCUT2D eigenvalue weighted by atomic mass is 9.92. The number of imidazole rings is 1. The molecular formula is C26H21N5O4. The number of ether oxygens (including phenoxy) is 1. The van der Waals surface area contributed by atoms with Crippen molar-refractivity contribution in [2.75, 3.05) is 24.8 Å². The number of benzene rings is 2. The topological polar surface area (TPSA) is 92.8 Å². The Hall–Kier alpha value is -4.37. The van der Waals surface area contributed by atoms with Crippen molar-refractivity contribution >= 4 is 5.91 Å². The van der Waals surface area contributed by atoms with Crippen molar-refractivity contribution in [1.29, 1.82) is 0 Å². The summed E-state index contributed by atoms with van der Waals surface area (Å²) in [7, 11) is 0. The molecule has 9 nitrogen and oxygen atoms in total. The van der Waals surface area contributed by atoms with Gasteiger partial charge in [-0.25, -0.2) is 4.98 Å². The van der Waals surface area contributed by atoms with Crippen LogP contribution in [0.5, 0.6) is 5.75 Å². The number of hydrogen-bond acceptors (Lipinski definition) is 6. The monoisotopic (exact) mass is 467 g/mol. The number of morpholine rings is 1. The summed E-state index contributed by atoms with van der Waals surface area (Å²) in [6, 6.07) is 17.2. The highest BCUT2D eigenvalue weighted by atomic mass is 16.5. The second kappa shape index (κ2) is 7.31. The van der Waals surface area contributed by atoms with Gasteiger partial charge in [-0.05, 0) is 11.6 Å². The molecule has 3 aliphatic heterocycles. The van der Waals surface area contributed by atoms with Crippen molar-refractivity contribution in [3.63, 3.8) is 0 Å². The maximum Gasteiger partial charge on any atom is 0.278 e. The van der Waals surface area contributed by atoms with Crippen molar-refractivity contribution in [2.45, 2.75) is 12.2 Å². The minimum absolute atomic E-state index is 0.0314. The molecule has 0 spiro atoms. The first-order valence-electron chi connectivity index (χ1n) is 11.5. The highest BCUT2D eigenvalue weighted by Gasteiger charge is 2.46. The number of fused-ring (bicyclic) bond motifs is 7. The normalized spacial score (nSPS) is 20.3.